The van der Waals surface area contributed by atoms with E-state index in [-0.39, 0.29) is 5.11 Å². The third-order valence-corrected chi connectivity index (χ3v) is 1.68. The highest BCUT2D eigenvalue weighted by molar-refractivity contribution is 7.80. The fourth-order valence-corrected chi connectivity index (χ4v) is 0.959. The first kappa shape index (κ1) is 10.5. The Labute approximate surface area is 88.2 Å². The average Bonchev–Trinajstić information content (AvgIpc) is 2.18. The van der Waals surface area contributed by atoms with Gasteiger partial charge >= 0.3 is 0 Å². The average molecular weight is 208 g/mol. The number of nitrogens with zero attached hydrogens (tertiary/aromatic N) is 1. The zero-order valence-electron chi connectivity index (χ0n) is 7.82. The molecule has 0 heterocycles. The molecular weight excluding hydrogens is 196 g/mol. The van der Waals surface area contributed by atoms with Crippen molar-refractivity contribution in [3.63, 3.8) is 0 Å². The van der Waals surface area contributed by atoms with Gasteiger partial charge in [-0.3, -0.25) is 5.43 Å². The fraction of sp³-hybridized carbons (Fsp3) is 0.111. The van der Waals surface area contributed by atoms with E-state index in [9.17, 15) is 0 Å². The predicted molar refractivity (Wildman–Crippen MR) is 63.5 cm³/mol. The molecule has 5 heteroatoms. The van der Waals surface area contributed by atoms with Gasteiger partial charge in [0.1, 0.15) is 0 Å². The third-order valence-electron chi connectivity index (χ3n) is 1.59. The van der Waals surface area contributed by atoms with E-state index in [4.69, 9.17) is 5.73 Å². The molecule has 0 amide bonds. The third kappa shape index (κ3) is 3.40. The summed E-state index contributed by atoms with van der Waals surface area (Å²) in [6.07, 6.45) is 1.65. The Kier molecular flexibility index (Phi) is 3.87. The standard InChI is InChI=1S/C9H12N4S/c1-11-8-4-2-7(3-5-8)6-12-13-9(10)14/h2-6,11H,1H3,(H3,10,13,14)/b12-6-. The topological polar surface area (TPSA) is 62.4 Å². The van der Waals surface area contributed by atoms with Crippen molar-refractivity contribution in [2.75, 3.05) is 12.4 Å². The van der Waals surface area contributed by atoms with Gasteiger partial charge in [-0.25, -0.2) is 0 Å². The quantitative estimate of drug-likeness (QED) is 0.392. The van der Waals surface area contributed by atoms with Crippen LogP contribution >= 0.6 is 12.2 Å². The number of anilines is 1. The van der Waals surface area contributed by atoms with Gasteiger partial charge in [-0.2, -0.15) is 5.10 Å². The lowest BCUT2D eigenvalue weighted by molar-refractivity contribution is 1.04. The van der Waals surface area contributed by atoms with Crippen LogP contribution in [0, 0.1) is 0 Å². The molecule has 0 saturated heterocycles. The lowest BCUT2D eigenvalue weighted by Gasteiger charge is -1.99. The van der Waals surface area contributed by atoms with Crippen LogP contribution < -0.4 is 16.5 Å². The van der Waals surface area contributed by atoms with Crippen molar-refractivity contribution in [1.29, 1.82) is 0 Å². The summed E-state index contributed by atoms with van der Waals surface area (Å²) in [5.41, 5.74) is 9.72. The summed E-state index contributed by atoms with van der Waals surface area (Å²) >= 11 is 4.59. The summed E-state index contributed by atoms with van der Waals surface area (Å²) in [6, 6.07) is 7.80. The second-order valence-electron chi connectivity index (χ2n) is 2.61. The van der Waals surface area contributed by atoms with Gasteiger partial charge in [-0.1, -0.05) is 12.1 Å². The van der Waals surface area contributed by atoms with E-state index in [0.717, 1.165) is 11.3 Å². The summed E-state index contributed by atoms with van der Waals surface area (Å²) in [4.78, 5) is 0. The van der Waals surface area contributed by atoms with Crippen molar-refractivity contribution < 1.29 is 0 Å². The maximum Gasteiger partial charge on any atom is 0.184 e. The van der Waals surface area contributed by atoms with E-state index in [0.29, 0.717) is 0 Å². The number of nitrogens with one attached hydrogen (secondary N) is 2. The Balaban J connectivity index is 2.59. The SMILES string of the molecule is CNc1ccc(/C=N\NC(N)=S)cc1. The van der Waals surface area contributed by atoms with Gasteiger partial charge in [0.25, 0.3) is 0 Å². The van der Waals surface area contributed by atoms with Gasteiger partial charge in [0.2, 0.25) is 0 Å². The summed E-state index contributed by atoms with van der Waals surface area (Å²) < 4.78 is 0. The van der Waals surface area contributed by atoms with Gasteiger partial charge in [-0.05, 0) is 29.9 Å². The molecule has 1 rings (SSSR count). The maximum absolute atomic E-state index is 5.20. The van der Waals surface area contributed by atoms with Crippen LogP contribution in [0.2, 0.25) is 0 Å². The van der Waals surface area contributed by atoms with Crippen LogP contribution in [0.4, 0.5) is 5.69 Å². The molecule has 0 spiro atoms. The molecule has 4 nitrogen and oxygen atoms in total. The second-order valence-corrected chi connectivity index (χ2v) is 3.05. The van der Waals surface area contributed by atoms with E-state index in [1.165, 1.54) is 0 Å². The summed E-state index contributed by atoms with van der Waals surface area (Å²) in [5.74, 6) is 0. The molecule has 1 aromatic carbocycles. The van der Waals surface area contributed by atoms with Gasteiger partial charge in [0, 0.05) is 12.7 Å². The van der Waals surface area contributed by atoms with Crippen molar-refractivity contribution >= 4 is 29.2 Å². The van der Waals surface area contributed by atoms with Crippen LogP contribution in [-0.4, -0.2) is 18.4 Å². The molecule has 0 aliphatic carbocycles. The van der Waals surface area contributed by atoms with E-state index < -0.39 is 0 Å². The Morgan fingerprint density at radius 3 is 2.57 bits per heavy atom. The highest BCUT2D eigenvalue weighted by atomic mass is 32.1. The lowest BCUT2D eigenvalue weighted by Crippen LogP contribution is -2.23. The van der Waals surface area contributed by atoms with Crippen molar-refractivity contribution in [1.82, 2.24) is 5.43 Å². The van der Waals surface area contributed by atoms with Crippen LogP contribution in [-0.2, 0) is 0 Å². The highest BCUT2D eigenvalue weighted by Crippen LogP contribution is 2.06. The van der Waals surface area contributed by atoms with Crippen LogP contribution in [0.3, 0.4) is 0 Å². The molecule has 0 aliphatic heterocycles. The van der Waals surface area contributed by atoms with Crippen LogP contribution in [0.1, 0.15) is 5.56 Å². The van der Waals surface area contributed by atoms with E-state index in [1.807, 2.05) is 31.3 Å². The van der Waals surface area contributed by atoms with Crippen molar-refractivity contribution in [2.45, 2.75) is 0 Å². The summed E-state index contributed by atoms with van der Waals surface area (Å²) in [7, 11) is 1.87. The zero-order chi connectivity index (χ0) is 10.4. The minimum atomic E-state index is 0.160. The lowest BCUT2D eigenvalue weighted by atomic mass is 10.2. The number of rotatable bonds is 3. The minimum Gasteiger partial charge on any atom is -0.388 e. The minimum absolute atomic E-state index is 0.160. The van der Waals surface area contributed by atoms with Gasteiger partial charge in [-0.15, -0.1) is 0 Å². The highest BCUT2D eigenvalue weighted by Gasteiger charge is 1.88. The molecule has 0 bridgehead atoms. The molecule has 0 saturated carbocycles. The van der Waals surface area contributed by atoms with Crippen LogP contribution in [0.15, 0.2) is 29.4 Å². The molecule has 1 aromatic rings. The Morgan fingerprint density at radius 1 is 1.43 bits per heavy atom. The summed E-state index contributed by atoms with van der Waals surface area (Å²) in [6.45, 7) is 0. The first-order valence-electron chi connectivity index (χ1n) is 4.08. The normalized spacial score (nSPS) is 10.1. The summed E-state index contributed by atoms with van der Waals surface area (Å²) in [5, 5.41) is 7.02. The predicted octanol–water partition coefficient (Wildman–Crippen LogP) is 0.895. The van der Waals surface area contributed by atoms with E-state index in [1.54, 1.807) is 6.21 Å². The molecule has 0 atom stereocenters. The van der Waals surface area contributed by atoms with E-state index in [2.05, 4.69) is 28.1 Å². The first-order valence-corrected chi connectivity index (χ1v) is 4.49. The molecule has 0 aromatic heterocycles. The maximum atomic E-state index is 5.20. The van der Waals surface area contributed by atoms with Crippen molar-refractivity contribution in [2.24, 2.45) is 10.8 Å². The molecule has 0 fully saturated rings. The largest absolute Gasteiger partial charge is 0.388 e. The molecule has 4 N–H and O–H groups in total. The second kappa shape index (κ2) is 5.18. The molecule has 0 radical (unpaired) electrons. The van der Waals surface area contributed by atoms with Crippen LogP contribution in [0.25, 0.3) is 0 Å². The number of thiocarbonyl (C=S) groups is 1. The molecule has 14 heavy (non-hydrogen) atoms. The fourth-order valence-electron chi connectivity index (χ4n) is 0.906. The first-order chi connectivity index (χ1) is 6.72. The monoisotopic (exact) mass is 208 g/mol. The number of hydrogen-bond acceptors (Lipinski definition) is 3. The molecule has 0 aliphatic rings. The molecule has 74 valence electrons. The van der Waals surface area contributed by atoms with Gasteiger partial charge in [0.15, 0.2) is 5.11 Å². The van der Waals surface area contributed by atoms with Gasteiger partial charge < -0.3 is 11.1 Å². The Morgan fingerprint density at radius 2 is 2.07 bits per heavy atom. The Bertz CT molecular complexity index is 331. The van der Waals surface area contributed by atoms with Crippen molar-refractivity contribution in [3.05, 3.63) is 29.8 Å². The molecule has 0 unspecified atom stereocenters. The zero-order valence-corrected chi connectivity index (χ0v) is 8.64. The number of benzene rings is 1. The van der Waals surface area contributed by atoms with Gasteiger partial charge in [0.05, 0.1) is 6.21 Å². The number of hydrazone groups is 1. The number of hydrogen-bond donors (Lipinski definition) is 3. The smallest absolute Gasteiger partial charge is 0.184 e. The van der Waals surface area contributed by atoms with E-state index >= 15 is 0 Å². The van der Waals surface area contributed by atoms with Crippen molar-refractivity contribution in [3.8, 4) is 0 Å². The Hall–Kier alpha value is -1.62. The van der Waals surface area contributed by atoms with Crippen LogP contribution in [0.5, 0.6) is 0 Å². The number of nitrogens with two attached hydrogens (primary N) is 1. The molecular formula is C9H12N4S.